The Morgan fingerprint density at radius 2 is 1.83 bits per heavy atom. The summed E-state index contributed by atoms with van der Waals surface area (Å²) in [5.41, 5.74) is 4.95. The Kier molecular flexibility index (Phi) is 8.91. The molecule has 0 aromatic carbocycles. The number of nitrogens with one attached hydrogen (secondary N) is 2. The van der Waals surface area contributed by atoms with Crippen LogP contribution >= 0.6 is 24.8 Å². The van der Waals surface area contributed by atoms with Crippen molar-refractivity contribution in [1.82, 2.24) is 10.6 Å². The number of nitrogens with two attached hydrogens (primary N) is 1. The number of amides is 2. The van der Waals surface area contributed by atoms with Gasteiger partial charge in [-0.1, -0.05) is 0 Å². The standard InChI is InChI=1S/C6H13N3O.2ClH/c7-6(10)9-5-1-3-8-4-2-5;;/h5,8H,1-4H2,(H3,7,9,10);2*1H. The number of hydrogen-bond acceptors (Lipinski definition) is 2. The molecule has 0 spiro atoms. The number of piperidine rings is 1. The van der Waals surface area contributed by atoms with Crippen LogP contribution in [0.25, 0.3) is 0 Å². The maximum atomic E-state index is 10.4. The molecule has 0 atom stereocenters. The molecular formula is C6H15Cl2N3O. The summed E-state index contributed by atoms with van der Waals surface area (Å²) in [5.74, 6) is 0. The molecule has 1 heterocycles. The summed E-state index contributed by atoms with van der Waals surface area (Å²) in [4.78, 5) is 10.4. The van der Waals surface area contributed by atoms with E-state index in [1.165, 1.54) is 0 Å². The minimum absolute atomic E-state index is 0. The molecule has 0 aromatic heterocycles. The van der Waals surface area contributed by atoms with Crippen LogP contribution in [-0.4, -0.2) is 25.2 Å². The Bertz CT molecular complexity index is 128. The molecule has 0 unspecified atom stereocenters. The van der Waals surface area contributed by atoms with Gasteiger partial charge in [-0.05, 0) is 25.9 Å². The highest BCUT2D eigenvalue weighted by molar-refractivity contribution is 5.85. The van der Waals surface area contributed by atoms with Gasteiger partial charge in [0.2, 0.25) is 0 Å². The van der Waals surface area contributed by atoms with E-state index in [1.54, 1.807) is 0 Å². The highest BCUT2D eigenvalue weighted by Gasteiger charge is 2.12. The number of urea groups is 1. The number of primary amides is 1. The molecule has 1 saturated heterocycles. The number of halogens is 2. The Balaban J connectivity index is 0. The first-order valence-corrected chi connectivity index (χ1v) is 3.56. The van der Waals surface area contributed by atoms with E-state index in [4.69, 9.17) is 5.73 Å². The lowest BCUT2D eigenvalue weighted by Crippen LogP contribution is -2.44. The molecule has 0 bridgehead atoms. The van der Waals surface area contributed by atoms with Crippen molar-refractivity contribution in [3.63, 3.8) is 0 Å². The lowest BCUT2D eigenvalue weighted by atomic mass is 10.1. The molecule has 12 heavy (non-hydrogen) atoms. The van der Waals surface area contributed by atoms with E-state index in [0.29, 0.717) is 6.04 Å². The fourth-order valence-electron chi connectivity index (χ4n) is 1.17. The summed E-state index contributed by atoms with van der Waals surface area (Å²) < 4.78 is 0. The Labute approximate surface area is 84.5 Å². The Morgan fingerprint density at radius 3 is 2.25 bits per heavy atom. The van der Waals surface area contributed by atoms with Crippen LogP contribution in [0.2, 0.25) is 0 Å². The predicted molar refractivity (Wildman–Crippen MR) is 53.1 cm³/mol. The smallest absolute Gasteiger partial charge is 0.312 e. The van der Waals surface area contributed by atoms with E-state index in [2.05, 4.69) is 10.6 Å². The highest BCUT2D eigenvalue weighted by atomic mass is 35.5. The average molecular weight is 216 g/mol. The van der Waals surface area contributed by atoms with Gasteiger partial charge in [0.05, 0.1) is 0 Å². The van der Waals surface area contributed by atoms with Crippen LogP contribution in [-0.2, 0) is 0 Å². The summed E-state index contributed by atoms with van der Waals surface area (Å²) in [6, 6.07) is -0.120. The first kappa shape index (κ1) is 14.3. The van der Waals surface area contributed by atoms with Crippen LogP contribution in [0.1, 0.15) is 12.8 Å². The van der Waals surface area contributed by atoms with Gasteiger partial charge in [0, 0.05) is 6.04 Å². The fourth-order valence-corrected chi connectivity index (χ4v) is 1.17. The minimum atomic E-state index is -0.410. The molecule has 0 aliphatic carbocycles. The second-order valence-electron chi connectivity index (χ2n) is 2.53. The van der Waals surface area contributed by atoms with Crippen molar-refractivity contribution in [2.45, 2.75) is 18.9 Å². The number of carbonyl (C=O) groups is 1. The maximum Gasteiger partial charge on any atom is 0.312 e. The van der Waals surface area contributed by atoms with Crippen molar-refractivity contribution in [3.8, 4) is 0 Å². The summed E-state index contributed by atoms with van der Waals surface area (Å²) in [6.07, 6.45) is 1.98. The van der Waals surface area contributed by atoms with Gasteiger partial charge < -0.3 is 16.4 Å². The number of hydrogen-bond donors (Lipinski definition) is 3. The lowest BCUT2D eigenvalue weighted by Gasteiger charge is -2.22. The van der Waals surface area contributed by atoms with E-state index < -0.39 is 6.03 Å². The van der Waals surface area contributed by atoms with Gasteiger partial charge in [0.15, 0.2) is 0 Å². The molecule has 2 amide bonds. The topological polar surface area (TPSA) is 67.2 Å². The van der Waals surface area contributed by atoms with Crippen molar-refractivity contribution < 1.29 is 4.79 Å². The average Bonchev–Trinajstić information content (AvgIpc) is 1.88. The monoisotopic (exact) mass is 215 g/mol. The zero-order valence-electron chi connectivity index (χ0n) is 6.71. The molecule has 1 fully saturated rings. The first-order valence-electron chi connectivity index (χ1n) is 3.56. The van der Waals surface area contributed by atoms with E-state index >= 15 is 0 Å². The molecule has 1 rings (SSSR count). The second-order valence-corrected chi connectivity index (χ2v) is 2.53. The first-order chi connectivity index (χ1) is 4.79. The van der Waals surface area contributed by atoms with E-state index in [-0.39, 0.29) is 24.8 Å². The molecule has 1 aliphatic heterocycles. The fraction of sp³-hybridized carbons (Fsp3) is 0.833. The molecule has 4 N–H and O–H groups in total. The quantitative estimate of drug-likeness (QED) is 0.588. The predicted octanol–water partition coefficient (Wildman–Crippen LogP) is 0.250. The molecule has 0 saturated carbocycles. The summed E-state index contributed by atoms with van der Waals surface area (Å²) in [7, 11) is 0. The van der Waals surface area contributed by atoms with Gasteiger partial charge in [-0.25, -0.2) is 4.79 Å². The van der Waals surface area contributed by atoms with Gasteiger partial charge >= 0.3 is 6.03 Å². The SMILES string of the molecule is Cl.Cl.NC(=O)NC1CCNCC1. The van der Waals surface area contributed by atoms with Crippen LogP contribution in [0, 0.1) is 0 Å². The molecule has 0 aromatic rings. The third-order valence-electron chi connectivity index (χ3n) is 1.69. The largest absolute Gasteiger partial charge is 0.352 e. The van der Waals surface area contributed by atoms with E-state index in [9.17, 15) is 4.79 Å². The van der Waals surface area contributed by atoms with Gasteiger partial charge in [-0.2, -0.15) is 0 Å². The highest BCUT2D eigenvalue weighted by Crippen LogP contribution is 2.00. The molecule has 0 radical (unpaired) electrons. The van der Waals surface area contributed by atoms with Crippen molar-refractivity contribution in [3.05, 3.63) is 0 Å². The number of carbonyl (C=O) groups excluding carboxylic acids is 1. The van der Waals surface area contributed by atoms with Gasteiger partial charge in [-0.15, -0.1) is 24.8 Å². The van der Waals surface area contributed by atoms with E-state index in [0.717, 1.165) is 25.9 Å². The van der Waals surface area contributed by atoms with Crippen molar-refractivity contribution >= 4 is 30.8 Å². The van der Waals surface area contributed by atoms with Crippen LogP contribution in [0.5, 0.6) is 0 Å². The van der Waals surface area contributed by atoms with Crippen LogP contribution in [0.3, 0.4) is 0 Å². The molecular weight excluding hydrogens is 201 g/mol. The minimum Gasteiger partial charge on any atom is -0.352 e. The van der Waals surface area contributed by atoms with Crippen molar-refractivity contribution in [1.29, 1.82) is 0 Å². The lowest BCUT2D eigenvalue weighted by molar-refractivity contribution is 0.242. The Morgan fingerprint density at radius 1 is 1.33 bits per heavy atom. The third-order valence-corrected chi connectivity index (χ3v) is 1.69. The molecule has 6 heteroatoms. The normalized spacial score (nSPS) is 17.0. The van der Waals surface area contributed by atoms with Crippen LogP contribution in [0.15, 0.2) is 0 Å². The van der Waals surface area contributed by atoms with E-state index in [1.807, 2.05) is 0 Å². The molecule has 74 valence electrons. The van der Waals surface area contributed by atoms with Crippen LogP contribution in [0.4, 0.5) is 4.79 Å². The molecule has 1 aliphatic rings. The van der Waals surface area contributed by atoms with Crippen molar-refractivity contribution in [2.75, 3.05) is 13.1 Å². The molecule has 4 nitrogen and oxygen atoms in total. The Hall–Kier alpha value is -0.190. The second kappa shape index (κ2) is 7.46. The zero-order valence-corrected chi connectivity index (χ0v) is 8.34. The third kappa shape index (κ3) is 5.46. The summed E-state index contributed by atoms with van der Waals surface area (Å²) in [5, 5.41) is 5.88. The van der Waals surface area contributed by atoms with Gasteiger partial charge in [0.25, 0.3) is 0 Å². The maximum absolute atomic E-state index is 10.4. The zero-order chi connectivity index (χ0) is 7.40. The van der Waals surface area contributed by atoms with Crippen LogP contribution < -0.4 is 16.4 Å². The van der Waals surface area contributed by atoms with Gasteiger partial charge in [-0.3, -0.25) is 0 Å². The van der Waals surface area contributed by atoms with Crippen molar-refractivity contribution in [2.24, 2.45) is 5.73 Å². The van der Waals surface area contributed by atoms with Gasteiger partial charge in [0.1, 0.15) is 0 Å². The summed E-state index contributed by atoms with van der Waals surface area (Å²) in [6.45, 7) is 1.95. The number of rotatable bonds is 1. The summed E-state index contributed by atoms with van der Waals surface area (Å²) >= 11 is 0.